The van der Waals surface area contributed by atoms with Crippen LogP contribution in [-0.4, -0.2) is 45.9 Å². The maximum absolute atomic E-state index is 13.3. The molecule has 1 heterocycles. The molecule has 0 fully saturated rings. The SMILES string of the molecule is CC(C)[C@H](NC(=O)[C@H](CSCc1ccccc1)NC(=O)OCc1ccccc1)C(=O)Nc1n[nH]c(=S)s1. The van der Waals surface area contributed by atoms with Crippen molar-refractivity contribution in [2.75, 3.05) is 11.1 Å². The van der Waals surface area contributed by atoms with Crippen molar-refractivity contribution in [2.24, 2.45) is 5.92 Å². The highest BCUT2D eigenvalue weighted by atomic mass is 32.2. The molecule has 37 heavy (non-hydrogen) atoms. The Hall–Kier alpha value is -3.22. The van der Waals surface area contributed by atoms with Crippen molar-refractivity contribution in [3.8, 4) is 0 Å². The van der Waals surface area contributed by atoms with Crippen LogP contribution in [0.1, 0.15) is 25.0 Å². The molecule has 0 aliphatic heterocycles. The predicted molar refractivity (Wildman–Crippen MR) is 149 cm³/mol. The molecule has 0 aliphatic carbocycles. The van der Waals surface area contributed by atoms with Gasteiger partial charge in [-0.2, -0.15) is 11.8 Å². The molecule has 0 spiro atoms. The van der Waals surface area contributed by atoms with Crippen LogP contribution in [0.5, 0.6) is 0 Å². The summed E-state index contributed by atoms with van der Waals surface area (Å²) in [7, 11) is 0. The normalized spacial score (nSPS) is 12.4. The highest BCUT2D eigenvalue weighted by molar-refractivity contribution is 7.98. The third-order valence-electron chi connectivity index (χ3n) is 5.13. The lowest BCUT2D eigenvalue weighted by Crippen LogP contribution is -2.55. The van der Waals surface area contributed by atoms with Gasteiger partial charge in [0, 0.05) is 11.5 Å². The predicted octanol–water partition coefficient (Wildman–Crippen LogP) is 4.51. The van der Waals surface area contributed by atoms with Gasteiger partial charge >= 0.3 is 6.09 Å². The summed E-state index contributed by atoms with van der Waals surface area (Å²) in [5.74, 6) is -0.194. The first-order chi connectivity index (χ1) is 17.8. The molecule has 12 heteroatoms. The van der Waals surface area contributed by atoms with E-state index in [4.69, 9.17) is 17.0 Å². The van der Waals surface area contributed by atoms with Gasteiger partial charge in [0.15, 0.2) is 3.95 Å². The number of ether oxygens (including phenoxy) is 1. The largest absolute Gasteiger partial charge is 0.445 e. The minimum atomic E-state index is -0.918. The standard InChI is InChI=1S/C25H29N5O4S3/c1-16(2)20(22(32)28-23-29-30-25(35)37-23)27-21(31)19(15-36-14-18-11-7-4-8-12-18)26-24(33)34-13-17-9-5-3-6-10-17/h3-12,16,19-20H,13-15H2,1-2H3,(H,26,33)(H,27,31)(H,30,35)(H,28,29,32)/t19-,20-/m0/s1. The van der Waals surface area contributed by atoms with E-state index in [1.807, 2.05) is 74.5 Å². The van der Waals surface area contributed by atoms with E-state index < -0.39 is 30.0 Å². The van der Waals surface area contributed by atoms with Crippen LogP contribution in [0.15, 0.2) is 60.7 Å². The monoisotopic (exact) mass is 559 g/mol. The second-order valence-corrected chi connectivity index (χ2v) is 11.1. The smallest absolute Gasteiger partial charge is 0.408 e. The van der Waals surface area contributed by atoms with Gasteiger partial charge in [0.2, 0.25) is 16.9 Å². The summed E-state index contributed by atoms with van der Waals surface area (Å²) in [5, 5.41) is 14.9. The summed E-state index contributed by atoms with van der Waals surface area (Å²) in [6.45, 7) is 3.71. The third-order valence-corrected chi connectivity index (χ3v) is 7.24. The molecule has 3 aromatic rings. The summed E-state index contributed by atoms with van der Waals surface area (Å²) in [5.41, 5.74) is 1.93. The molecule has 4 N–H and O–H groups in total. The Morgan fingerprint density at radius 3 is 2.24 bits per heavy atom. The molecule has 0 aliphatic rings. The highest BCUT2D eigenvalue weighted by Crippen LogP contribution is 2.15. The number of anilines is 1. The van der Waals surface area contributed by atoms with Gasteiger partial charge in [0.05, 0.1) is 0 Å². The molecule has 2 aromatic carbocycles. The van der Waals surface area contributed by atoms with Crippen molar-refractivity contribution in [1.82, 2.24) is 20.8 Å². The van der Waals surface area contributed by atoms with E-state index in [1.54, 1.807) is 0 Å². The van der Waals surface area contributed by atoms with Crippen molar-refractivity contribution < 1.29 is 19.1 Å². The average molecular weight is 560 g/mol. The first-order valence-corrected chi connectivity index (χ1v) is 14.0. The molecule has 196 valence electrons. The number of carbonyl (C=O) groups is 3. The molecule has 9 nitrogen and oxygen atoms in total. The summed E-state index contributed by atoms with van der Waals surface area (Å²) < 4.78 is 5.74. The van der Waals surface area contributed by atoms with Crippen molar-refractivity contribution in [3.05, 3.63) is 75.7 Å². The molecule has 0 saturated heterocycles. The number of rotatable bonds is 12. The fraction of sp³-hybridized carbons (Fsp3) is 0.320. The Morgan fingerprint density at radius 1 is 1.00 bits per heavy atom. The molecule has 2 atom stereocenters. The molecule has 1 aromatic heterocycles. The molecular weight excluding hydrogens is 531 g/mol. The topological polar surface area (TPSA) is 125 Å². The fourth-order valence-electron chi connectivity index (χ4n) is 3.21. The van der Waals surface area contributed by atoms with E-state index in [1.165, 1.54) is 11.8 Å². The second kappa shape index (κ2) is 14.5. The van der Waals surface area contributed by atoms with E-state index in [-0.39, 0.29) is 18.3 Å². The number of nitrogens with one attached hydrogen (secondary N) is 4. The minimum absolute atomic E-state index is 0.0743. The number of amides is 3. The van der Waals surface area contributed by atoms with Crippen molar-refractivity contribution in [1.29, 1.82) is 0 Å². The minimum Gasteiger partial charge on any atom is -0.445 e. The van der Waals surface area contributed by atoms with Gasteiger partial charge in [-0.05, 0) is 29.3 Å². The van der Waals surface area contributed by atoms with Crippen LogP contribution < -0.4 is 16.0 Å². The summed E-state index contributed by atoms with van der Waals surface area (Å²) in [6, 6.07) is 17.3. The van der Waals surface area contributed by atoms with Crippen molar-refractivity contribution in [2.45, 2.75) is 38.3 Å². The van der Waals surface area contributed by atoms with E-state index in [9.17, 15) is 14.4 Å². The highest BCUT2D eigenvalue weighted by Gasteiger charge is 2.29. The van der Waals surface area contributed by atoms with Gasteiger partial charge < -0.3 is 15.4 Å². The Balaban J connectivity index is 1.64. The molecular formula is C25H29N5O4S3. The van der Waals surface area contributed by atoms with E-state index >= 15 is 0 Å². The molecule has 0 unspecified atom stereocenters. The Bertz CT molecular complexity index is 1220. The number of aromatic amines is 1. The summed E-state index contributed by atoms with van der Waals surface area (Å²) in [4.78, 5) is 38.7. The number of hydrogen-bond donors (Lipinski definition) is 4. The maximum Gasteiger partial charge on any atom is 0.408 e. The number of nitrogens with zero attached hydrogens (tertiary/aromatic N) is 1. The van der Waals surface area contributed by atoms with Crippen LogP contribution in [0.25, 0.3) is 0 Å². The van der Waals surface area contributed by atoms with Gasteiger partial charge in [0.25, 0.3) is 0 Å². The fourth-order valence-corrected chi connectivity index (χ4v) is 5.02. The molecule has 0 radical (unpaired) electrons. The quantitative estimate of drug-likeness (QED) is 0.241. The number of hydrogen-bond acceptors (Lipinski definition) is 8. The number of thioether (sulfide) groups is 1. The van der Waals surface area contributed by atoms with Crippen LogP contribution >= 0.6 is 35.3 Å². The second-order valence-electron chi connectivity index (χ2n) is 8.40. The zero-order chi connectivity index (χ0) is 26.6. The van der Waals surface area contributed by atoms with E-state index in [2.05, 4.69) is 26.1 Å². The van der Waals surface area contributed by atoms with Gasteiger partial charge in [-0.25, -0.2) is 4.79 Å². The van der Waals surface area contributed by atoms with Crippen LogP contribution in [0.2, 0.25) is 0 Å². The van der Waals surface area contributed by atoms with Crippen LogP contribution in [0.4, 0.5) is 9.93 Å². The molecule has 0 saturated carbocycles. The Kier molecular flexibility index (Phi) is 11.1. The average Bonchev–Trinajstić information content (AvgIpc) is 3.30. The summed E-state index contributed by atoms with van der Waals surface area (Å²) in [6.07, 6.45) is -0.717. The van der Waals surface area contributed by atoms with Crippen molar-refractivity contribution >= 4 is 58.4 Å². The van der Waals surface area contributed by atoms with Gasteiger partial charge in [0.1, 0.15) is 18.7 Å². The number of benzene rings is 2. The number of carbonyl (C=O) groups excluding carboxylic acids is 3. The maximum atomic E-state index is 13.3. The van der Waals surface area contributed by atoms with Crippen molar-refractivity contribution in [3.63, 3.8) is 0 Å². The van der Waals surface area contributed by atoms with E-state index in [0.29, 0.717) is 14.8 Å². The van der Waals surface area contributed by atoms with Gasteiger partial charge in [-0.15, -0.1) is 5.10 Å². The van der Waals surface area contributed by atoms with Crippen LogP contribution in [-0.2, 0) is 26.7 Å². The third kappa shape index (κ3) is 9.63. The zero-order valence-electron chi connectivity index (χ0n) is 20.4. The number of alkyl carbamates (subject to hydrolysis) is 1. The Morgan fingerprint density at radius 2 is 1.65 bits per heavy atom. The lowest BCUT2D eigenvalue weighted by Gasteiger charge is -2.24. The molecule has 3 amide bonds. The Labute approximate surface area is 228 Å². The van der Waals surface area contributed by atoms with Gasteiger partial charge in [-0.1, -0.05) is 85.8 Å². The van der Waals surface area contributed by atoms with Crippen LogP contribution in [0.3, 0.4) is 0 Å². The van der Waals surface area contributed by atoms with Crippen LogP contribution in [0, 0.1) is 9.87 Å². The lowest BCUT2D eigenvalue weighted by molar-refractivity contribution is -0.128. The summed E-state index contributed by atoms with van der Waals surface area (Å²) >= 11 is 7.61. The first-order valence-electron chi connectivity index (χ1n) is 11.6. The lowest BCUT2D eigenvalue weighted by atomic mass is 10.0. The first kappa shape index (κ1) is 28.4. The zero-order valence-corrected chi connectivity index (χ0v) is 22.9. The number of H-pyrrole nitrogens is 1. The molecule has 0 bridgehead atoms. The molecule has 3 rings (SSSR count). The number of aromatic nitrogens is 2. The van der Waals surface area contributed by atoms with Gasteiger partial charge in [-0.3, -0.25) is 20.0 Å². The van der Waals surface area contributed by atoms with E-state index in [0.717, 1.165) is 22.5 Å².